The summed E-state index contributed by atoms with van der Waals surface area (Å²) in [5, 5.41) is 2.88. The number of amides is 1. The molecule has 4 nitrogen and oxygen atoms in total. The second kappa shape index (κ2) is 10.6. The smallest absolute Gasteiger partial charge is 0.248 e. The van der Waals surface area contributed by atoms with Crippen molar-refractivity contribution in [3.63, 3.8) is 0 Å². The molecule has 1 aliphatic rings. The Hall–Kier alpha value is -2.69. The fourth-order valence-corrected chi connectivity index (χ4v) is 3.34. The molecule has 0 spiro atoms. The zero-order chi connectivity index (χ0) is 19.6. The van der Waals surface area contributed by atoms with E-state index >= 15 is 0 Å². The minimum atomic E-state index is -0.111. The van der Waals surface area contributed by atoms with E-state index < -0.39 is 0 Å². The van der Waals surface area contributed by atoms with Gasteiger partial charge in [-0.15, -0.1) is 0 Å². The molecular weight excluding hydrogens is 346 g/mol. The van der Waals surface area contributed by atoms with Gasteiger partial charge in [-0.05, 0) is 30.2 Å². The Labute approximate surface area is 168 Å². The molecule has 0 unspecified atom stereocenters. The monoisotopic (exact) mass is 375 g/mol. The molecule has 0 radical (unpaired) electrons. The first-order valence-corrected chi connectivity index (χ1v) is 9.91. The Morgan fingerprint density at radius 1 is 0.857 bits per heavy atom. The Balaban J connectivity index is 1.43. The predicted molar refractivity (Wildman–Crippen MR) is 116 cm³/mol. The van der Waals surface area contributed by atoms with Gasteiger partial charge in [0.15, 0.2) is 0 Å². The van der Waals surface area contributed by atoms with Crippen LogP contribution < -0.4 is 5.32 Å². The van der Waals surface area contributed by atoms with E-state index in [0.717, 1.165) is 45.0 Å². The first-order valence-electron chi connectivity index (χ1n) is 9.91. The van der Waals surface area contributed by atoms with Crippen molar-refractivity contribution in [2.24, 2.45) is 0 Å². The van der Waals surface area contributed by atoms with Gasteiger partial charge >= 0.3 is 0 Å². The van der Waals surface area contributed by atoms with Crippen LogP contribution >= 0.6 is 0 Å². The molecule has 2 aromatic carbocycles. The second-order valence-electron chi connectivity index (χ2n) is 7.11. The van der Waals surface area contributed by atoms with Crippen molar-refractivity contribution in [1.82, 2.24) is 9.80 Å². The maximum atomic E-state index is 11.8. The topological polar surface area (TPSA) is 35.6 Å². The molecule has 1 aliphatic heterocycles. The molecule has 1 N–H and O–H groups in total. The number of carbonyl (C=O) groups is 1. The summed E-state index contributed by atoms with van der Waals surface area (Å²) in [6.45, 7) is 8.27. The lowest BCUT2D eigenvalue weighted by atomic mass is 10.1. The van der Waals surface area contributed by atoms with Crippen LogP contribution in [0.1, 0.15) is 18.1 Å². The van der Waals surface area contributed by atoms with Gasteiger partial charge < -0.3 is 5.32 Å². The van der Waals surface area contributed by atoms with Gasteiger partial charge in [0, 0.05) is 51.0 Å². The highest BCUT2D eigenvalue weighted by molar-refractivity contribution is 5.99. The lowest BCUT2D eigenvalue weighted by molar-refractivity contribution is -0.111. The number of anilines is 1. The molecule has 1 heterocycles. The van der Waals surface area contributed by atoms with Gasteiger partial charge in [0.1, 0.15) is 0 Å². The Bertz CT molecular complexity index is 788. The first-order chi connectivity index (χ1) is 13.7. The summed E-state index contributed by atoms with van der Waals surface area (Å²) in [5.74, 6) is -0.111. The van der Waals surface area contributed by atoms with E-state index in [1.54, 1.807) is 6.08 Å². The van der Waals surface area contributed by atoms with Crippen LogP contribution in [0.25, 0.3) is 0 Å². The minimum absolute atomic E-state index is 0.111. The zero-order valence-electron chi connectivity index (χ0n) is 16.6. The molecule has 1 saturated heterocycles. The molecule has 146 valence electrons. The van der Waals surface area contributed by atoms with E-state index in [1.807, 2.05) is 31.2 Å². The fraction of sp³-hybridized carbons (Fsp3) is 0.292. The Kier molecular flexibility index (Phi) is 7.59. The van der Waals surface area contributed by atoms with Gasteiger partial charge in [-0.25, -0.2) is 0 Å². The molecular formula is C24H29N3O. The standard InChI is InChI=1S/C24H29N3O/c1-2-3-5-10-24(28)25-23-13-11-22(12-14-23)20-27-17-15-26(16-18-27)19-21-8-6-4-7-9-21/h2-14H,15-20H2,1H3,(H,25,28)/b3-2+,10-5+. The third-order valence-corrected chi connectivity index (χ3v) is 4.89. The Morgan fingerprint density at radius 2 is 1.43 bits per heavy atom. The van der Waals surface area contributed by atoms with Gasteiger partial charge in [0.25, 0.3) is 0 Å². The summed E-state index contributed by atoms with van der Waals surface area (Å²) in [6, 6.07) is 18.8. The lowest BCUT2D eigenvalue weighted by Crippen LogP contribution is -2.45. The molecule has 3 rings (SSSR count). The van der Waals surface area contributed by atoms with Gasteiger partial charge in [-0.3, -0.25) is 14.6 Å². The average Bonchev–Trinajstić information content (AvgIpc) is 2.72. The van der Waals surface area contributed by atoms with Crippen LogP contribution in [0.3, 0.4) is 0 Å². The summed E-state index contributed by atoms with van der Waals surface area (Å²) in [6.07, 6.45) is 6.99. The van der Waals surface area contributed by atoms with Crippen LogP contribution in [0.2, 0.25) is 0 Å². The molecule has 0 saturated carbocycles. The fourth-order valence-electron chi connectivity index (χ4n) is 3.34. The van der Waals surface area contributed by atoms with E-state index in [9.17, 15) is 4.79 Å². The molecule has 1 amide bonds. The third kappa shape index (κ3) is 6.48. The maximum absolute atomic E-state index is 11.8. The van der Waals surface area contributed by atoms with Gasteiger partial charge in [-0.2, -0.15) is 0 Å². The summed E-state index contributed by atoms with van der Waals surface area (Å²) in [5.41, 5.74) is 3.49. The highest BCUT2D eigenvalue weighted by Gasteiger charge is 2.17. The van der Waals surface area contributed by atoms with Crippen molar-refractivity contribution in [2.45, 2.75) is 20.0 Å². The van der Waals surface area contributed by atoms with Crippen molar-refractivity contribution < 1.29 is 4.79 Å². The van der Waals surface area contributed by atoms with Crippen molar-refractivity contribution in [1.29, 1.82) is 0 Å². The third-order valence-electron chi connectivity index (χ3n) is 4.89. The number of rotatable bonds is 7. The average molecular weight is 376 g/mol. The first kappa shape index (κ1) is 20.1. The van der Waals surface area contributed by atoms with Crippen LogP contribution in [0.4, 0.5) is 5.69 Å². The highest BCUT2D eigenvalue weighted by atomic mass is 16.1. The molecule has 0 aromatic heterocycles. The predicted octanol–water partition coefficient (Wildman–Crippen LogP) is 4.08. The van der Waals surface area contributed by atoms with Gasteiger partial charge in [-0.1, -0.05) is 60.7 Å². The van der Waals surface area contributed by atoms with Crippen LogP contribution in [-0.4, -0.2) is 41.9 Å². The molecule has 0 atom stereocenters. The largest absolute Gasteiger partial charge is 0.323 e. The SMILES string of the molecule is C/C=C/C=C/C(=O)Nc1ccc(CN2CCN(Cc3ccccc3)CC2)cc1. The molecule has 28 heavy (non-hydrogen) atoms. The summed E-state index contributed by atoms with van der Waals surface area (Å²) >= 11 is 0. The second-order valence-corrected chi connectivity index (χ2v) is 7.11. The number of nitrogens with one attached hydrogen (secondary N) is 1. The number of carbonyl (C=O) groups excluding carboxylic acids is 1. The quantitative estimate of drug-likeness (QED) is 0.585. The Morgan fingerprint density at radius 3 is 2.00 bits per heavy atom. The number of hydrogen-bond donors (Lipinski definition) is 1. The molecule has 2 aromatic rings. The van der Waals surface area contributed by atoms with Gasteiger partial charge in [0.2, 0.25) is 5.91 Å². The van der Waals surface area contributed by atoms with Gasteiger partial charge in [0.05, 0.1) is 0 Å². The summed E-state index contributed by atoms with van der Waals surface area (Å²) in [7, 11) is 0. The minimum Gasteiger partial charge on any atom is -0.323 e. The summed E-state index contributed by atoms with van der Waals surface area (Å²) in [4.78, 5) is 16.8. The molecule has 0 bridgehead atoms. The van der Waals surface area contributed by atoms with Crippen LogP contribution in [0, 0.1) is 0 Å². The maximum Gasteiger partial charge on any atom is 0.248 e. The molecule has 4 heteroatoms. The van der Waals surface area contributed by atoms with Crippen LogP contribution in [0.15, 0.2) is 78.9 Å². The van der Waals surface area contributed by atoms with E-state index in [0.29, 0.717) is 0 Å². The molecule has 0 aliphatic carbocycles. The van der Waals surface area contributed by atoms with Crippen molar-refractivity contribution in [3.05, 3.63) is 90.0 Å². The number of piperazine rings is 1. The zero-order valence-corrected chi connectivity index (χ0v) is 16.6. The number of hydrogen-bond acceptors (Lipinski definition) is 3. The van der Waals surface area contributed by atoms with E-state index in [4.69, 9.17) is 0 Å². The van der Waals surface area contributed by atoms with Crippen LogP contribution in [0.5, 0.6) is 0 Å². The van der Waals surface area contributed by atoms with Crippen molar-refractivity contribution in [2.75, 3.05) is 31.5 Å². The van der Waals surface area contributed by atoms with Crippen molar-refractivity contribution in [3.8, 4) is 0 Å². The summed E-state index contributed by atoms with van der Waals surface area (Å²) < 4.78 is 0. The number of nitrogens with zero attached hydrogens (tertiary/aromatic N) is 2. The van der Waals surface area contributed by atoms with E-state index in [1.165, 1.54) is 17.2 Å². The molecule has 1 fully saturated rings. The normalized spacial score (nSPS) is 16.0. The van der Waals surface area contributed by atoms with E-state index in [2.05, 4.69) is 57.6 Å². The highest BCUT2D eigenvalue weighted by Crippen LogP contribution is 2.14. The lowest BCUT2D eigenvalue weighted by Gasteiger charge is -2.34. The van der Waals surface area contributed by atoms with Crippen LogP contribution in [-0.2, 0) is 17.9 Å². The number of benzene rings is 2. The van der Waals surface area contributed by atoms with Crippen molar-refractivity contribution >= 4 is 11.6 Å². The van der Waals surface area contributed by atoms with E-state index in [-0.39, 0.29) is 5.91 Å². The number of allylic oxidation sites excluding steroid dienone is 3.